The standard InChI is InChI=1S/C36H42N4O7S/c1-3-22-21-36(22,35(43)39-48(44,45)25-13-14-25)37-33(41)30-19-24-20-31(30)34(42)40(2)16-8-4-5-9-17-46-23-12-15-27-26-10-6-7-11-28(26)32(38-47-24)29(27)18-23/h5-7,9-12,15,18,22,24-25,30-31H,3-4,8,13-14,16-17,19-21H2,1-2H3,(H,37,41)(H,39,43)/b9-5+,38-32-/t22-,24+,30+,31+,36+/m0/s1. The Kier molecular flexibility index (Phi) is 8.55. The number of oxime groups is 1. The van der Waals surface area contributed by atoms with Crippen molar-refractivity contribution in [3.63, 3.8) is 0 Å². The molecule has 0 aromatic heterocycles. The van der Waals surface area contributed by atoms with E-state index >= 15 is 0 Å². The molecule has 3 amide bonds. The highest BCUT2D eigenvalue weighted by Crippen LogP contribution is 2.48. The lowest BCUT2D eigenvalue weighted by molar-refractivity contribution is -0.140. The van der Waals surface area contributed by atoms with Crippen LogP contribution in [0, 0.1) is 17.8 Å². The molecule has 3 fully saturated rings. The van der Waals surface area contributed by atoms with E-state index in [1.54, 1.807) is 11.9 Å². The fraction of sp³-hybridized carbons (Fsp3) is 0.500. The van der Waals surface area contributed by atoms with Gasteiger partial charge in [0.15, 0.2) is 0 Å². The Bertz CT molecular complexity index is 1800. The third-order valence-electron chi connectivity index (χ3n) is 10.5. The lowest BCUT2D eigenvalue weighted by Gasteiger charge is -2.26. The quantitative estimate of drug-likeness (QED) is 0.378. The van der Waals surface area contributed by atoms with Crippen LogP contribution in [0.25, 0.3) is 11.1 Å². The summed E-state index contributed by atoms with van der Waals surface area (Å²) in [5, 5.41) is 7.02. The Balaban J connectivity index is 1.17. The number of carbonyl (C=O) groups is 3. The second-order valence-corrected chi connectivity index (χ2v) is 15.7. The molecule has 5 aliphatic rings. The van der Waals surface area contributed by atoms with Crippen LogP contribution in [-0.4, -0.2) is 73.8 Å². The van der Waals surface area contributed by atoms with Gasteiger partial charge in [0.1, 0.15) is 29.7 Å². The minimum atomic E-state index is -3.79. The van der Waals surface area contributed by atoms with Gasteiger partial charge in [-0.25, -0.2) is 8.42 Å². The van der Waals surface area contributed by atoms with Crippen LogP contribution in [0.15, 0.2) is 59.8 Å². The average molecular weight is 675 g/mol. The molecule has 2 aromatic rings. The molecular weight excluding hydrogens is 632 g/mol. The number of nitrogens with zero attached hydrogens (tertiary/aromatic N) is 2. The summed E-state index contributed by atoms with van der Waals surface area (Å²) in [4.78, 5) is 49.2. The van der Waals surface area contributed by atoms with Crippen LogP contribution in [0.3, 0.4) is 0 Å². The molecule has 1 aliphatic heterocycles. The maximum atomic E-state index is 14.1. The van der Waals surface area contributed by atoms with Crippen molar-refractivity contribution in [1.29, 1.82) is 0 Å². The molecule has 12 heteroatoms. The Morgan fingerprint density at radius 2 is 1.81 bits per heavy atom. The summed E-state index contributed by atoms with van der Waals surface area (Å²) in [6.07, 6.45) is 7.47. The van der Waals surface area contributed by atoms with Crippen molar-refractivity contribution < 1.29 is 32.4 Å². The van der Waals surface area contributed by atoms with E-state index in [1.165, 1.54) is 0 Å². The fourth-order valence-electron chi connectivity index (χ4n) is 7.45. The zero-order chi connectivity index (χ0) is 33.6. The monoisotopic (exact) mass is 674 g/mol. The van der Waals surface area contributed by atoms with Crippen molar-refractivity contribution in [2.75, 3.05) is 20.2 Å². The third-order valence-corrected chi connectivity index (χ3v) is 12.3. The van der Waals surface area contributed by atoms with Crippen LogP contribution in [0.2, 0.25) is 0 Å². The number of fused-ring (bicyclic) bond motifs is 6. The first-order valence-corrected chi connectivity index (χ1v) is 18.5. The van der Waals surface area contributed by atoms with E-state index in [0.29, 0.717) is 44.5 Å². The minimum Gasteiger partial charge on any atom is -0.490 e. The van der Waals surface area contributed by atoms with Gasteiger partial charge in [0, 0.05) is 24.7 Å². The number of amides is 3. The molecule has 0 radical (unpaired) electrons. The molecule has 4 bridgehead atoms. The van der Waals surface area contributed by atoms with Gasteiger partial charge in [-0.2, -0.15) is 0 Å². The maximum absolute atomic E-state index is 14.1. The number of nitrogens with one attached hydrogen (secondary N) is 2. The predicted molar refractivity (Wildman–Crippen MR) is 179 cm³/mol. The third kappa shape index (κ3) is 6.10. The summed E-state index contributed by atoms with van der Waals surface area (Å²) in [6.45, 7) is 2.83. The molecule has 48 heavy (non-hydrogen) atoms. The Morgan fingerprint density at radius 1 is 1.04 bits per heavy atom. The molecule has 2 N–H and O–H groups in total. The van der Waals surface area contributed by atoms with Crippen LogP contribution in [-0.2, 0) is 29.2 Å². The Labute approximate surface area is 281 Å². The topological polar surface area (TPSA) is 143 Å². The number of carbonyl (C=O) groups excluding carboxylic acids is 3. The molecule has 5 atom stereocenters. The van der Waals surface area contributed by atoms with E-state index in [1.807, 2.05) is 61.5 Å². The van der Waals surface area contributed by atoms with Crippen molar-refractivity contribution in [2.24, 2.45) is 22.9 Å². The molecule has 0 unspecified atom stereocenters. The highest BCUT2D eigenvalue weighted by Gasteiger charge is 2.62. The molecule has 254 valence electrons. The first kappa shape index (κ1) is 32.4. The van der Waals surface area contributed by atoms with E-state index in [0.717, 1.165) is 40.8 Å². The summed E-state index contributed by atoms with van der Waals surface area (Å²) in [7, 11) is -2.05. The first-order chi connectivity index (χ1) is 23.1. The Morgan fingerprint density at radius 3 is 2.56 bits per heavy atom. The van der Waals surface area contributed by atoms with Crippen LogP contribution < -0.4 is 14.8 Å². The molecule has 7 rings (SSSR count). The van der Waals surface area contributed by atoms with Gasteiger partial charge in [-0.1, -0.05) is 54.9 Å². The number of rotatable bonds is 6. The normalized spacial score (nSPS) is 30.0. The number of sulfonamides is 1. The van der Waals surface area contributed by atoms with Gasteiger partial charge in [-0.3, -0.25) is 19.1 Å². The lowest BCUT2D eigenvalue weighted by atomic mass is 9.93. The zero-order valence-electron chi connectivity index (χ0n) is 27.3. The lowest BCUT2D eigenvalue weighted by Crippen LogP contribution is -2.54. The van der Waals surface area contributed by atoms with Crippen LogP contribution in [0.5, 0.6) is 5.75 Å². The van der Waals surface area contributed by atoms with Crippen LogP contribution in [0.1, 0.15) is 69.4 Å². The maximum Gasteiger partial charge on any atom is 0.259 e. The van der Waals surface area contributed by atoms with Gasteiger partial charge in [0.2, 0.25) is 21.8 Å². The average Bonchev–Trinajstić information content (AvgIpc) is 3.99. The van der Waals surface area contributed by atoms with E-state index in [9.17, 15) is 22.8 Å². The number of hydrogen-bond acceptors (Lipinski definition) is 8. The van der Waals surface area contributed by atoms with E-state index < -0.39 is 50.6 Å². The molecule has 11 nitrogen and oxygen atoms in total. The molecule has 4 aliphatic carbocycles. The van der Waals surface area contributed by atoms with Crippen molar-refractivity contribution in [1.82, 2.24) is 14.9 Å². The van der Waals surface area contributed by atoms with Crippen molar-refractivity contribution in [3.05, 3.63) is 65.7 Å². The summed E-state index contributed by atoms with van der Waals surface area (Å²) in [6, 6.07) is 13.9. The van der Waals surface area contributed by atoms with Crippen molar-refractivity contribution >= 4 is 33.5 Å². The highest BCUT2D eigenvalue weighted by atomic mass is 32.2. The zero-order valence-corrected chi connectivity index (χ0v) is 28.1. The minimum absolute atomic E-state index is 0.166. The fourth-order valence-corrected chi connectivity index (χ4v) is 8.82. The highest BCUT2D eigenvalue weighted by molar-refractivity contribution is 7.91. The number of hydrogen-bond donors (Lipinski definition) is 2. The molecule has 2 aromatic carbocycles. The van der Waals surface area contributed by atoms with Gasteiger partial charge >= 0.3 is 0 Å². The smallest absolute Gasteiger partial charge is 0.259 e. The van der Waals surface area contributed by atoms with Crippen LogP contribution >= 0.6 is 0 Å². The van der Waals surface area contributed by atoms with E-state index in [2.05, 4.69) is 15.2 Å². The predicted octanol–water partition coefficient (Wildman–Crippen LogP) is 3.91. The molecule has 0 saturated heterocycles. The second-order valence-electron chi connectivity index (χ2n) is 13.7. The summed E-state index contributed by atoms with van der Waals surface area (Å²) >= 11 is 0. The molecule has 3 saturated carbocycles. The molecule has 0 spiro atoms. The van der Waals surface area contributed by atoms with Gasteiger partial charge in [0.05, 0.1) is 17.1 Å². The largest absolute Gasteiger partial charge is 0.490 e. The van der Waals surface area contributed by atoms with E-state index in [-0.39, 0.29) is 24.7 Å². The summed E-state index contributed by atoms with van der Waals surface area (Å²) in [5.41, 5.74) is 3.20. The molecular formula is C36H42N4O7S. The van der Waals surface area contributed by atoms with Crippen molar-refractivity contribution in [3.8, 4) is 16.9 Å². The summed E-state index contributed by atoms with van der Waals surface area (Å²) < 4.78 is 33.5. The van der Waals surface area contributed by atoms with Crippen molar-refractivity contribution in [2.45, 2.75) is 75.2 Å². The van der Waals surface area contributed by atoms with E-state index in [4.69, 9.17) is 9.57 Å². The first-order valence-electron chi connectivity index (χ1n) is 17.0. The summed E-state index contributed by atoms with van der Waals surface area (Å²) in [5.74, 6) is -2.25. The van der Waals surface area contributed by atoms with Gasteiger partial charge in [0.25, 0.3) is 5.91 Å². The van der Waals surface area contributed by atoms with Gasteiger partial charge in [-0.15, -0.1) is 0 Å². The number of ether oxygens (including phenoxy) is 1. The number of benzene rings is 2. The second kappa shape index (κ2) is 12.7. The Hall–Kier alpha value is -4.19. The molecule has 1 heterocycles. The number of allylic oxidation sites excluding steroid dienone is 1. The van der Waals surface area contributed by atoms with Gasteiger partial charge < -0.3 is 19.8 Å². The van der Waals surface area contributed by atoms with Crippen LogP contribution in [0.4, 0.5) is 0 Å². The van der Waals surface area contributed by atoms with Gasteiger partial charge in [-0.05, 0) is 80.2 Å². The SMILES string of the molecule is CC[C@H]1C[C@]1(NC(=O)[C@@H]1C[C@@H]2C[C@H]1C(=O)N(C)CCC/C=C/COc1ccc3c(c1)/C(=N\O2)c1ccccc1-3)C(=O)NS(=O)(=O)C1CC1.